The van der Waals surface area contributed by atoms with Gasteiger partial charge in [0.1, 0.15) is 5.82 Å². The zero-order valence-electron chi connectivity index (χ0n) is 13.9. The summed E-state index contributed by atoms with van der Waals surface area (Å²) >= 11 is 18.6. The molecule has 1 aromatic carbocycles. The van der Waals surface area contributed by atoms with Gasteiger partial charge in [-0.05, 0) is 18.2 Å². The van der Waals surface area contributed by atoms with Crippen LogP contribution in [0.3, 0.4) is 0 Å². The second-order valence-electron chi connectivity index (χ2n) is 5.83. The monoisotopic (exact) mass is 428 g/mol. The molecule has 2 heterocycles. The summed E-state index contributed by atoms with van der Waals surface area (Å²) in [6, 6.07) is 6.45. The summed E-state index contributed by atoms with van der Waals surface area (Å²) in [5.41, 5.74) is 0.504. The minimum absolute atomic E-state index is 0.0328. The number of rotatable bonds is 3. The number of carboxylic acids is 1. The second kappa shape index (κ2) is 8.21. The fraction of sp³-hybridized carbons (Fsp3) is 0.235. The standard InChI is InChI=1S/C17H15Cl3N4O3/c18-11-2-1-3-12(19)14(11)16(22-27)24-6-4-23(5-7-24)15-13(20)8-10(9-21-15)17(25)26/h1-3,8-9,27H,4-7H2,(H,25,26)/b22-16-. The average molecular weight is 430 g/mol. The van der Waals surface area contributed by atoms with Gasteiger partial charge in [-0.15, -0.1) is 0 Å². The predicted octanol–water partition coefficient (Wildman–Crippen LogP) is 3.70. The number of nitrogens with zero attached hydrogens (tertiary/aromatic N) is 4. The van der Waals surface area contributed by atoms with Gasteiger partial charge in [-0.2, -0.15) is 0 Å². The van der Waals surface area contributed by atoms with Crippen LogP contribution in [0, 0.1) is 0 Å². The molecule has 1 fully saturated rings. The molecule has 0 spiro atoms. The fourth-order valence-corrected chi connectivity index (χ4v) is 3.75. The zero-order chi connectivity index (χ0) is 19.6. The van der Waals surface area contributed by atoms with E-state index in [1.54, 1.807) is 18.2 Å². The van der Waals surface area contributed by atoms with Crippen LogP contribution in [-0.2, 0) is 0 Å². The van der Waals surface area contributed by atoms with Gasteiger partial charge in [0.2, 0.25) is 0 Å². The van der Waals surface area contributed by atoms with Crippen molar-refractivity contribution < 1.29 is 15.1 Å². The van der Waals surface area contributed by atoms with E-state index in [0.29, 0.717) is 53.4 Å². The Balaban J connectivity index is 1.76. The van der Waals surface area contributed by atoms with Gasteiger partial charge in [0.15, 0.2) is 5.84 Å². The summed E-state index contributed by atoms with van der Waals surface area (Å²) in [6.07, 6.45) is 1.28. The molecule has 0 radical (unpaired) electrons. The summed E-state index contributed by atoms with van der Waals surface area (Å²) in [4.78, 5) is 19.0. The van der Waals surface area contributed by atoms with Crippen molar-refractivity contribution in [3.63, 3.8) is 0 Å². The summed E-state index contributed by atoms with van der Waals surface area (Å²) in [6.45, 7) is 2.11. The van der Waals surface area contributed by atoms with Gasteiger partial charge in [-0.1, -0.05) is 46.0 Å². The van der Waals surface area contributed by atoms with Crippen molar-refractivity contribution in [1.29, 1.82) is 0 Å². The molecule has 0 bridgehead atoms. The number of oxime groups is 1. The Morgan fingerprint density at radius 2 is 1.70 bits per heavy atom. The van der Waals surface area contributed by atoms with Crippen LogP contribution in [0.5, 0.6) is 0 Å². The highest BCUT2D eigenvalue weighted by atomic mass is 35.5. The highest BCUT2D eigenvalue weighted by Gasteiger charge is 2.26. The molecule has 2 N–H and O–H groups in total. The van der Waals surface area contributed by atoms with Crippen molar-refractivity contribution in [3.8, 4) is 0 Å². The third kappa shape index (κ3) is 4.05. The van der Waals surface area contributed by atoms with E-state index < -0.39 is 5.97 Å². The van der Waals surface area contributed by atoms with Crippen LogP contribution < -0.4 is 4.90 Å². The molecule has 3 rings (SSSR count). The molecule has 1 aromatic heterocycles. The SMILES string of the molecule is O=C(O)c1cnc(N2CCN(/C(=N\O)c3c(Cl)cccc3Cl)CC2)c(Cl)c1. The van der Waals surface area contributed by atoms with E-state index in [4.69, 9.17) is 39.9 Å². The van der Waals surface area contributed by atoms with Crippen molar-refractivity contribution in [2.24, 2.45) is 5.16 Å². The van der Waals surface area contributed by atoms with E-state index in [-0.39, 0.29) is 10.6 Å². The third-order valence-electron chi connectivity index (χ3n) is 4.23. The van der Waals surface area contributed by atoms with Gasteiger partial charge < -0.3 is 20.1 Å². The van der Waals surface area contributed by atoms with E-state index in [0.717, 1.165) is 0 Å². The van der Waals surface area contributed by atoms with Crippen LogP contribution in [0.4, 0.5) is 5.82 Å². The molecular weight excluding hydrogens is 415 g/mol. The lowest BCUT2D eigenvalue weighted by molar-refractivity contribution is 0.0696. The maximum atomic E-state index is 11.0. The number of hydrogen-bond donors (Lipinski definition) is 2. The first-order valence-electron chi connectivity index (χ1n) is 7.97. The van der Waals surface area contributed by atoms with Crippen LogP contribution in [0.1, 0.15) is 15.9 Å². The third-order valence-corrected chi connectivity index (χ3v) is 5.14. The highest BCUT2D eigenvalue weighted by molar-refractivity contribution is 6.40. The number of piperazine rings is 1. The first-order valence-corrected chi connectivity index (χ1v) is 9.11. The first kappa shape index (κ1) is 19.5. The van der Waals surface area contributed by atoms with E-state index in [2.05, 4.69) is 10.1 Å². The van der Waals surface area contributed by atoms with Crippen LogP contribution in [0.2, 0.25) is 15.1 Å². The molecule has 27 heavy (non-hydrogen) atoms. The van der Waals surface area contributed by atoms with Gasteiger partial charge in [-0.3, -0.25) is 0 Å². The van der Waals surface area contributed by atoms with Crippen molar-refractivity contribution in [3.05, 3.63) is 56.7 Å². The number of benzene rings is 1. The number of carboxylic acid groups (broad SMARTS) is 1. The van der Waals surface area contributed by atoms with E-state index in [1.807, 2.05) is 9.80 Å². The Hall–Kier alpha value is -2.22. The molecule has 0 amide bonds. The lowest BCUT2D eigenvalue weighted by atomic mass is 10.1. The number of amidine groups is 1. The van der Waals surface area contributed by atoms with Crippen LogP contribution in [0.15, 0.2) is 35.6 Å². The molecule has 1 saturated heterocycles. The molecule has 7 nitrogen and oxygen atoms in total. The summed E-state index contributed by atoms with van der Waals surface area (Å²) in [7, 11) is 0. The minimum Gasteiger partial charge on any atom is -0.478 e. The number of hydrogen-bond acceptors (Lipinski definition) is 5. The van der Waals surface area contributed by atoms with E-state index >= 15 is 0 Å². The lowest BCUT2D eigenvalue weighted by Gasteiger charge is -2.37. The largest absolute Gasteiger partial charge is 0.478 e. The number of carbonyl (C=O) groups is 1. The molecule has 0 aliphatic carbocycles. The summed E-state index contributed by atoms with van der Waals surface area (Å²) < 4.78 is 0. The normalized spacial score (nSPS) is 15.1. The van der Waals surface area contributed by atoms with Crippen LogP contribution in [-0.4, -0.2) is 58.2 Å². The van der Waals surface area contributed by atoms with Gasteiger partial charge in [0.05, 0.1) is 26.2 Å². The minimum atomic E-state index is -1.08. The average Bonchev–Trinajstić information content (AvgIpc) is 2.65. The maximum Gasteiger partial charge on any atom is 0.337 e. The number of pyridine rings is 1. The highest BCUT2D eigenvalue weighted by Crippen LogP contribution is 2.28. The number of aromatic nitrogens is 1. The maximum absolute atomic E-state index is 11.0. The quantitative estimate of drug-likeness (QED) is 0.335. The molecule has 10 heteroatoms. The van der Waals surface area contributed by atoms with Crippen LogP contribution in [0.25, 0.3) is 0 Å². The molecular formula is C17H15Cl3N4O3. The fourth-order valence-electron chi connectivity index (χ4n) is 2.89. The van der Waals surface area contributed by atoms with Crippen molar-refractivity contribution in [2.75, 3.05) is 31.1 Å². The smallest absolute Gasteiger partial charge is 0.337 e. The van der Waals surface area contributed by atoms with Crippen molar-refractivity contribution >= 4 is 52.4 Å². The Labute approximate surface area is 170 Å². The molecule has 1 aliphatic rings. The second-order valence-corrected chi connectivity index (χ2v) is 7.05. The van der Waals surface area contributed by atoms with E-state index in [9.17, 15) is 10.0 Å². The number of aromatic carboxylic acids is 1. The van der Waals surface area contributed by atoms with Gasteiger partial charge in [0, 0.05) is 32.4 Å². The molecule has 0 saturated carbocycles. The molecule has 1 aliphatic heterocycles. The Morgan fingerprint density at radius 3 is 2.22 bits per heavy atom. The summed E-state index contributed by atoms with van der Waals surface area (Å²) in [5, 5.41) is 23.0. The zero-order valence-corrected chi connectivity index (χ0v) is 16.2. The lowest BCUT2D eigenvalue weighted by Crippen LogP contribution is -2.49. The Morgan fingerprint density at radius 1 is 1.07 bits per heavy atom. The topological polar surface area (TPSA) is 89.3 Å². The van der Waals surface area contributed by atoms with Gasteiger partial charge >= 0.3 is 5.97 Å². The molecule has 2 aromatic rings. The van der Waals surface area contributed by atoms with Crippen molar-refractivity contribution in [2.45, 2.75) is 0 Å². The summed E-state index contributed by atoms with van der Waals surface area (Å²) in [5.74, 6) is -0.272. The Bertz CT molecular complexity index is 879. The van der Waals surface area contributed by atoms with Crippen molar-refractivity contribution in [1.82, 2.24) is 9.88 Å². The number of anilines is 1. The number of halogens is 3. The van der Waals surface area contributed by atoms with Gasteiger partial charge in [-0.25, -0.2) is 9.78 Å². The Kier molecular flexibility index (Phi) is 5.94. The first-order chi connectivity index (χ1) is 12.9. The predicted molar refractivity (Wildman–Crippen MR) is 105 cm³/mol. The van der Waals surface area contributed by atoms with Crippen LogP contribution >= 0.6 is 34.8 Å². The molecule has 0 unspecified atom stereocenters. The molecule has 142 valence electrons. The molecule has 0 atom stereocenters. The van der Waals surface area contributed by atoms with Gasteiger partial charge in [0.25, 0.3) is 0 Å². The van der Waals surface area contributed by atoms with E-state index in [1.165, 1.54) is 12.3 Å².